The maximum atomic E-state index is 11.5. The van der Waals surface area contributed by atoms with Crippen molar-refractivity contribution in [2.45, 2.75) is 13.0 Å². The van der Waals surface area contributed by atoms with Crippen LogP contribution in [0.3, 0.4) is 0 Å². The summed E-state index contributed by atoms with van der Waals surface area (Å²) >= 11 is 5.98. The minimum absolute atomic E-state index is 0.241. The Morgan fingerprint density at radius 1 is 1.35 bits per heavy atom. The zero-order valence-electron chi connectivity index (χ0n) is 12.4. The van der Waals surface area contributed by atoms with Crippen LogP contribution in [0.5, 0.6) is 0 Å². The van der Waals surface area contributed by atoms with Crippen LogP contribution in [0.25, 0.3) is 0 Å². The van der Waals surface area contributed by atoms with Gasteiger partial charge < -0.3 is 15.8 Å². The van der Waals surface area contributed by atoms with Gasteiger partial charge in [-0.1, -0.05) is 53.8 Å². The van der Waals surface area contributed by atoms with Gasteiger partial charge in [-0.15, -0.1) is 0 Å². The van der Waals surface area contributed by atoms with Gasteiger partial charge in [0.15, 0.2) is 0 Å². The summed E-state index contributed by atoms with van der Waals surface area (Å²) in [5.41, 5.74) is 7.04. The van der Waals surface area contributed by atoms with Crippen molar-refractivity contribution in [2.75, 3.05) is 12.3 Å². The number of hydrogen-bond donors (Lipinski definition) is 2. The average molecular weight is 330 g/mol. The molecular formula is C17H16ClN3O2. The van der Waals surface area contributed by atoms with Gasteiger partial charge in [0.25, 0.3) is 0 Å². The lowest BCUT2D eigenvalue weighted by Gasteiger charge is -2.05. The number of alkyl carbamates (subject to hydrolysis) is 1. The molecule has 2 aromatic rings. The molecule has 1 heterocycles. The summed E-state index contributed by atoms with van der Waals surface area (Å²) < 4.78 is 5.08. The zero-order chi connectivity index (χ0) is 16.5. The number of ether oxygens (including phenoxy) is 1. The molecule has 23 heavy (non-hydrogen) atoms. The van der Waals surface area contributed by atoms with Gasteiger partial charge >= 0.3 is 6.09 Å². The van der Waals surface area contributed by atoms with E-state index in [1.807, 2.05) is 30.3 Å². The fraction of sp³-hybridized carbons (Fsp3) is 0.176. The fourth-order valence-corrected chi connectivity index (χ4v) is 1.90. The molecule has 0 radical (unpaired) electrons. The second kappa shape index (κ2) is 8.66. The number of nitrogens with one attached hydrogen (secondary N) is 1. The van der Waals surface area contributed by atoms with E-state index in [9.17, 15) is 4.79 Å². The number of halogens is 1. The van der Waals surface area contributed by atoms with Gasteiger partial charge in [0.05, 0.1) is 10.6 Å². The molecule has 0 saturated carbocycles. The van der Waals surface area contributed by atoms with Crippen LogP contribution >= 0.6 is 11.6 Å². The lowest BCUT2D eigenvalue weighted by atomic mass is 10.2. The number of anilines is 1. The van der Waals surface area contributed by atoms with Crippen molar-refractivity contribution >= 4 is 23.5 Å². The fourth-order valence-electron chi connectivity index (χ4n) is 1.70. The smallest absolute Gasteiger partial charge is 0.407 e. The third kappa shape index (κ3) is 5.89. The van der Waals surface area contributed by atoms with Gasteiger partial charge in [0.2, 0.25) is 0 Å². The number of nitrogen functional groups attached to an aromatic ring is 1. The highest BCUT2D eigenvalue weighted by molar-refractivity contribution is 6.31. The molecule has 1 aromatic carbocycles. The van der Waals surface area contributed by atoms with Crippen molar-refractivity contribution in [3.05, 3.63) is 58.7 Å². The Bertz CT molecular complexity index is 724. The molecule has 1 amide bonds. The Hall–Kier alpha value is -2.71. The highest BCUT2D eigenvalue weighted by atomic mass is 35.5. The SMILES string of the molecule is Nc1cc(Cl)c(C#CCCNC(=O)OCc2ccccc2)cn1. The molecule has 2 rings (SSSR count). The molecule has 0 fully saturated rings. The van der Waals surface area contributed by atoms with Crippen molar-refractivity contribution in [3.63, 3.8) is 0 Å². The highest BCUT2D eigenvalue weighted by Crippen LogP contribution is 2.15. The Kier molecular flexibility index (Phi) is 6.28. The van der Waals surface area contributed by atoms with E-state index in [-0.39, 0.29) is 6.61 Å². The van der Waals surface area contributed by atoms with Crippen LogP contribution in [0.15, 0.2) is 42.6 Å². The molecule has 1 aromatic heterocycles. The summed E-state index contributed by atoms with van der Waals surface area (Å²) in [6, 6.07) is 11.0. The number of carbonyl (C=O) groups excluding carboxylic acids is 1. The van der Waals surface area contributed by atoms with Crippen molar-refractivity contribution < 1.29 is 9.53 Å². The Morgan fingerprint density at radius 3 is 2.87 bits per heavy atom. The second-order valence-corrected chi connectivity index (χ2v) is 5.04. The number of benzene rings is 1. The first kappa shape index (κ1) is 16.7. The zero-order valence-corrected chi connectivity index (χ0v) is 13.1. The van der Waals surface area contributed by atoms with Crippen LogP contribution in [0, 0.1) is 11.8 Å². The summed E-state index contributed by atoms with van der Waals surface area (Å²) in [7, 11) is 0. The second-order valence-electron chi connectivity index (χ2n) is 4.63. The van der Waals surface area contributed by atoms with Gasteiger partial charge in [0, 0.05) is 25.2 Å². The van der Waals surface area contributed by atoms with Crippen LogP contribution in [-0.4, -0.2) is 17.6 Å². The quantitative estimate of drug-likeness (QED) is 0.667. The molecule has 0 atom stereocenters. The van der Waals surface area contributed by atoms with Gasteiger partial charge in [0.1, 0.15) is 12.4 Å². The summed E-state index contributed by atoms with van der Waals surface area (Å²) in [5, 5.41) is 3.09. The largest absolute Gasteiger partial charge is 0.445 e. The molecule has 0 bridgehead atoms. The lowest BCUT2D eigenvalue weighted by Crippen LogP contribution is -2.24. The molecular weight excluding hydrogens is 314 g/mol. The third-order valence-corrected chi connectivity index (χ3v) is 3.14. The average Bonchev–Trinajstić information content (AvgIpc) is 2.55. The minimum atomic E-state index is -0.470. The standard InChI is InChI=1S/C17H16ClN3O2/c18-15-10-16(19)21-11-14(15)8-4-5-9-20-17(22)23-12-13-6-2-1-3-7-13/h1-3,6-7,10-11H,5,9,12H2,(H2,19,21)(H,20,22). The van der Waals surface area contributed by atoms with Crippen molar-refractivity contribution in [3.8, 4) is 11.8 Å². The van der Waals surface area contributed by atoms with Gasteiger partial charge in [-0.25, -0.2) is 9.78 Å². The molecule has 0 saturated heterocycles. The molecule has 0 spiro atoms. The van der Waals surface area contributed by atoms with E-state index in [1.165, 1.54) is 6.20 Å². The van der Waals surface area contributed by atoms with Gasteiger partial charge in [-0.2, -0.15) is 0 Å². The number of nitrogens with two attached hydrogens (primary N) is 1. The maximum Gasteiger partial charge on any atom is 0.407 e. The van der Waals surface area contributed by atoms with E-state index < -0.39 is 6.09 Å². The van der Waals surface area contributed by atoms with Crippen molar-refractivity contribution in [1.29, 1.82) is 0 Å². The number of nitrogens with zero attached hydrogens (tertiary/aromatic N) is 1. The predicted octanol–water partition coefficient (Wildman–Crippen LogP) is 2.99. The number of pyridine rings is 1. The van der Waals surface area contributed by atoms with Crippen LogP contribution in [0.1, 0.15) is 17.5 Å². The van der Waals surface area contributed by atoms with Gasteiger partial charge in [-0.05, 0) is 5.56 Å². The number of hydrogen-bond acceptors (Lipinski definition) is 4. The van der Waals surface area contributed by atoms with Gasteiger partial charge in [-0.3, -0.25) is 0 Å². The monoisotopic (exact) mass is 329 g/mol. The first-order valence-electron chi connectivity index (χ1n) is 6.99. The summed E-state index contributed by atoms with van der Waals surface area (Å²) in [5.74, 6) is 6.14. The summed E-state index contributed by atoms with van der Waals surface area (Å²) in [4.78, 5) is 15.4. The predicted molar refractivity (Wildman–Crippen MR) is 89.8 cm³/mol. The van der Waals surface area contributed by atoms with E-state index in [0.29, 0.717) is 29.4 Å². The summed E-state index contributed by atoms with van der Waals surface area (Å²) in [6.45, 7) is 0.631. The Morgan fingerprint density at radius 2 is 2.13 bits per heavy atom. The molecule has 5 nitrogen and oxygen atoms in total. The minimum Gasteiger partial charge on any atom is -0.445 e. The summed E-state index contributed by atoms with van der Waals surface area (Å²) in [6.07, 6.45) is 1.52. The number of rotatable bonds is 4. The first-order valence-corrected chi connectivity index (χ1v) is 7.37. The maximum absolute atomic E-state index is 11.5. The molecule has 0 aliphatic heterocycles. The highest BCUT2D eigenvalue weighted by Gasteiger charge is 2.01. The first-order chi connectivity index (χ1) is 11.1. The van der Waals surface area contributed by atoms with E-state index in [0.717, 1.165) is 5.56 Å². The third-order valence-electron chi connectivity index (χ3n) is 2.83. The van der Waals surface area contributed by atoms with Crippen molar-refractivity contribution in [1.82, 2.24) is 10.3 Å². The van der Waals surface area contributed by atoms with E-state index in [1.54, 1.807) is 6.07 Å². The van der Waals surface area contributed by atoms with Crippen LogP contribution in [0.2, 0.25) is 5.02 Å². The van der Waals surface area contributed by atoms with Crippen LogP contribution in [0.4, 0.5) is 10.6 Å². The molecule has 3 N–H and O–H groups in total. The van der Waals surface area contributed by atoms with Crippen LogP contribution < -0.4 is 11.1 Å². The van der Waals surface area contributed by atoms with E-state index >= 15 is 0 Å². The molecule has 0 unspecified atom stereocenters. The normalized spacial score (nSPS) is 9.61. The molecule has 0 aliphatic rings. The molecule has 6 heteroatoms. The topological polar surface area (TPSA) is 77.2 Å². The number of aromatic nitrogens is 1. The van der Waals surface area contributed by atoms with E-state index in [4.69, 9.17) is 22.1 Å². The van der Waals surface area contributed by atoms with Crippen molar-refractivity contribution in [2.24, 2.45) is 0 Å². The Labute approximate surface area is 139 Å². The van der Waals surface area contributed by atoms with E-state index in [2.05, 4.69) is 22.1 Å². The number of carbonyl (C=O) groups is 1. The molecule has 118 valence electrons. The number of amides is 1. The lowest BCUT2D eigenvalue weighted by molar-refractivity contribution is 0.140. The van der Waals surface area contributed by atoms with Crippen LogP contribution in [-0.2, 0) is 11.3 Å². The molecule has 0 aliphatic carbocycles. The Balaban J connectivity index is 1.69.